The zero-order valence-corrected chi connectivity index (χ0v) is 11.7. The maximum atomic E-state index is 12.1. The predicted octanol–water partition coefficient (Wildman–Crippen LogP) is 3.47. The summed E-state index contributed by atoms with van der Waals surface area (Å²) >= 11 is 6.19. The van der Waals surface area contributed by atoms with Crippen LogP contribution < -0.4 is 0 Å². The van der Waals surface area contributed by atoms with E-state index in [0.717, 1.165) is 5.56 Å². The van der Waals surface area contributed by atoms with E-state index in [1.807, 2.05) is 30.3 Å². The first kappa shape index (κ1) is 14.0. The number of rotatable bonds is 3. The molecule has 1 amide bonds. The molecular formula is C14H20ClNO. The SMILES string of the molecule is CN(CC(C)(C)C)C(=O)C(Cl)c1ccccc1. The molecule has 0 aromatic heterocycles. The summed E-state index contributed by atoms with van der Waals surface area (Å²) in [5.41, 5.74) is 0.928. The highest BCUT2D eigenvalue weighted by atomic mass is 35.5. The summed E-state index contributed by atoms with van der Waals surface area (Å²) in [7, 11) is 1.80. The van der Waals surface area contributed by atoms with E-state index in [1.54, 1.807) is 11.9 Å². The molecule has 94 valence electrons. The first-order valence-electron chi connectivity index (χ1n) is 5.75. The van der Waals surface area contributed by atoms with Crippen LogP contribution in [0.2, 0.25) is 0 Å². The Hall–Kier alpha value is -1.02. The minimum absolute atomic E-state index is 0.0483. The summed E-state index contributed by atoms with van der Waals surface area (Å²) in [6.45, 7) is 7.00. The van der Waals surface area contributed by atoms with Crippen molar-refractivity contribution >= 4 is 17.5 Å². The fourth-order valence-electron chi connectivity index (χ4n) is 1.75. The molecule has 1 aromatic carbocycles. The van der Waals surface area contributed by atoms with Crippen LogP contribution in [0.25, 0.3) is 0 Å². The van der Waals surface area contributed by atoms with Crippen molar-refractivity contribution in [1.29, 1.82) is 0 Å². The molecular weight excluding hydrogens is 234 g/mol. The van der Waals surface area contributed by atoms with Crippen LogP contribution in [-0.2, 0) is 4.79 Å². The zero-order valence-electron chi connectivity index (χ0n) is 10.9. The van der Waals surface area contributed by atoms with Gasteiger partial charge in [-0.15, -0.1) is 11.6 Å². The lowest BCUT2D eigenvalue weighted by Gasteiger charge is -2.28. The molecule has 1 rings (SSSR count). The van der Waals surface area contributed by atoms with Gasteiger partial charge in [0, 0.05) is 13.6 Å². The van der Waals surface area contributed by atoms with Crippen LogP contribution in [0.15, 0.2) is 30.3 Å². The Labute approximate surface area is 109 Å². The predicted molar refractivity (Wildman–Crippen MR) is 72.1 cm³/mol. The van der Waals surface area contributed by atoms with Gasteiger partial charge < -0.3 is 4.90 Å². The van der Waals surface area contributed by atoms with E-state index in [0.29, 0.717) is 6.54 Å². The maximum absolute atomic E-state index is 12.1. The summed E-state index contributed by atoms with van der Waals surface area (Å²) < 4.78 is 0. The highest BCUT2D eigenvalue weighted by Crippen LogP contribution is 2.24. The van der Waals surface area contributed by atoms with E-state index in [9.17, 15) is 4.79 Å². The zero-order chi connectivity index (χ0) is 13.1. The van der Waals surface area contributed by atoms with Crippen molar-refractivity contribution in [1.82, 2.24) is 4.90 Å². The number of halogens is 1. The topological polar surface area (TPSA) is 20.3 Å². The minimum atomic E-state index is -0.594. The average Bonchev–Trinajstić information content (AvgIpc) is 2.26. The number of nitrogens with zero attached hydrogens (tertiary/aromatic N) is 1. The number of carbonyl (C=O) groups is 1. The molecule has 0 saturated carbocycles. The Morgan fingerprint density at radius 3 is 2.29 bits per heavy atom. The Bertz CT molecular complexity index is 370. The average molecular weight is 254 g/mol. The number of benzene rings is 1. The Morgan fingerprint density at radius 1 is 1.29 bits per heavy atom. The number of hydrogen-bond acceptors (Lipinski definition) is 1. The van der Waals surface area contributed by atoms with Gasteiger partial charge in [0.1, 0.15) is 5.38 Å². The Morgan fingerprint density at radius 2 is 1.82 bits per heavy atom. The lowest BCUT2D eigenvalue weighted by molar-refractivity contribution is -0.130. The van der Waals surface area contributed by atoms with Crippen molar-refractivity contribution in [2.45, 2.75) is 26.1 Å². The van der Waals surface area contributed by atoms with E-state index in [2.05, 4.69) is 20.8 Å². The molecule has 0 aliphatic carbocycles. The number of carbonyl (C=O) groups excluding carboxylic acids is 1. The first-order chi connectivity index (χ1) is 7.81. The van der Waals surface area contributed by atoms with Crippen LogP contribution in [-0.4, -0.2) is 24.4 Å². The lowest BCUT2D eigenvalue weighted by Crippen LogP contribution is -2.36. The van der Waals surface area contributed by atoms with Gasteiger partial charge in [0.2, 0.25) is 5.91 Å². The molecule has 0 heterocycles. The van der Waals surface area contributed by atoms with Gasteiger partial charge in [0.05, 0.1) is 0 Å². The second-order valence-electron chi connectivity index (χ2n) is 5.53. The molecule has 3 heteroatoms. The Balaban J connectivity index is 2.71. The first-order valence-corrected chi connectivity index (χ1v) is 6.19. The van der Waals surface area contributed by atoms with Gasteiger partial charge in [-0.25, -0.2) is 0 Å². The van der Waals surface area contributed by atoms with Gasteiger partial charge in [-0.3, -0.25) is 4.79 Å². The summed E-state index contributed by atoms with van der Waals surface area (Å²) in [6, 6.07) is 9.45. The molecule has 17 heavy (non-hydrogen) atoms. The Kier molecular flexibility index (Phi) is 4.58. The summed E-state index contributed by atoms with van der Waals surface area (Å²) in [5, 5.41) is -0.594. The molecule has 0 N–H and O–H groups in total. The second-order valence-corrected chi connectivity index (χ2v) is 5.96. The van der Waals surface area contributed by atoms with E-state index < -0.39 is 5.38 Å². The largest absolute Gasteiger partial charge is 0.344 e. The highest BCUT2D eigenvalue weighted by molar-refractivity contribution is 6.30. The van der Waals surface area contributed by atoms with Gasteiger partial charge in [-0.05, 0) is 11.0 Å². The molecule has 0 radical (unpaired) electrons. The molecule has 1 atom stereocenters. The molecule has 0 aliphatic heterocycles. The number of amides is 1. The van der Waals surface area contributed by atoms with Crippen molar-refractivity contribution in [3.05, 3.63) is 35.9 Å². The quantitative estimate of drug-likeness (QED) is 0.756. The summed E-state index contributed by atoms with van der Waals surface area (Å²) in [5.74, 6) is -0.0483. The molecule has 0 bridgehead atoms. The molecule has 0 fully saturated rings. The van der Waals surface area contributed by atoms with Crippen molar-refractivity contribution in [2.24, 2.45) is 5.41 Å². The second kappa shape index (κ2) is 5.54. The molecule has 1 aromatic rings. The van der Waals surface area contributed by atoms with E-state index in [1.165, 1.54) is 0 Å². The molecule has 2 nitrogen and oxygen atoms in total. The third-order valence-corrected chi connectivity index (χ3v) is 2.84. The summed E-state index contributed by atoms with van der Waals surface area (Å²) in [6.07, 6.45) is 0. The van der Waals surface area contributed by atoms with Gasteiger partial charge in [0.25, 0.3) is 0 Å². The number of hydrogen-bond donors (Lipinski definition) is 0. The van der Waals surface area contributed by atoms with Gasteiger partial charge in [-0.2, -0.15) is 0 Å². The fourth-order valence-corrected chi connectivity index (χ4v) is 2.06. The standard InChI is InChI=1S/C14H20ClNO/c1-14(2,3)10-16(4)13(17)12(15)11-8-6-5-7-9-11/h5-9,12H,10H2,1-4H3. The lowest BCUT2D eigenvalue weighted by atomic mass is 9.96. The van der Waals surface area contributed by atoms with Gasteiger partial charge in [0.15, 0.2) is 0 Å². The maximum Gasteiger partial charge on any atom is 0.244 e. The van der Waals surface area contributed by atoms with Gasteiger partial charge >= 0.3 is 0 Å². The highest BCUT2D eigenvalue weighted by Gasteiger charge is 2.24. The normalized spacial score (nSPS) is 13.2. The monoisotopic (exact) mass is 253 g/mol. The van der Waals surface area contributed by atoms with Crippen molar-refractivity contribution < 1.29 is 4.79 Å². The van der Waals surface area contributed by atoms with Crippen molar-refractivity contribution in [2.75, 3.05) is 13.6 Å². The van der Waals surface area contributed by atoms with Crippen LogP contribution in [0.4, 0.5) is 0 Å². The fraction of sp³-hybridized carbons (Fsp3) is 0.500. The van der Waals surface area contributed by atoms with Crippen LogP contribution in [0.5, 0.6) is 0 Å². The molecule has 0 aliphatic rings. The van der Waals surface area contributed by atoms with Crippen LogP contribution in [0, 0.1) is 5.41 Å². The van der Waals surface area contributed by atoms with Crippen LogP contribution in [0.3, 0.4) is 0 Å². The number of alkyl halides is 1. The smallest absolute Gasteiger partial charge is 0.244 e. The van der Waals surface area contributed by atoms with Gasteiger partial charge in [-0.1, -0.05) is 51.1 Å². The van der Waals surface area contributed by atoms with E-state index in [4.69, 9.17) is 11.6 Å². The van der Waals surface area contributed by atoms with E-state index in [-0.39, 0.29) is 11.3 Å². The number of likely N-dealkylation sites (N-methyl/N-ethyl adjacent to an activating group) is 1. The van der Waals surface area contributed by atoms with Crippen molar-refractivity contribution in [3.8, 4) is 0 Å². The van der Waals surface area contributed by atoms with E-state index >= 15 is 0 Å². The van der Waals surface area contributed by atoms with Crippen LogP contribution >= 0.6 is 11.6 Å². The third-order valence-electron chi connectivity index (χ3n) is 2.40. The molecule has 1 unspecified atom stereocenters. The summed E-state index contributed by atoms with van der Waals surface area (Å²) in [4.78, 5) is 13.8. The minimum Gasteiger partial charge on any atom is -0.344 e. The molecule has 0 saturated heterocycles. The van der Waals surface area contributed by atoms with Crippen molar-refractivity contribution in [3.63, 3.8) is 0 Å². The van der Waals surface area contributed by atoms with Crippen LogP contribution in [0.1, 0.15) is 31.7 Å². The molecule has 0 spiro atoms. The third kappa shape index (κ3) is 4.39.